The summed E-state index contributed by atoms with van der Waals surface area (Å²) in [4.78, 5) is 21.9. The summed E-state index contributed by atoms with van der Waals surface area (Å²) in [5, 5.41) is 10.0. The molecule has 0 atom stereocenters. The van der Waals surface area contributed by atoms with Crippen molar-refractivity contribution in [3.8, 4) is 17.0 Å². The Labute approximate surface area is 186 Å². The Hall–Kier alpha value is -3.17. The summed E-state index contributed by atoms with van der Waals surface area (Å²) in [5.74, 6) is 2.02. The van der Waals surface area contributed by atoms with Gasteiger partial charge >= 0.3 is 0 Å². The molecule has 1 aromatic carbocycles. The summed E-state index contributed by atoms with van der Waals surface area (Å²) >= 11 is 2.84. The number of hydrogen-bond donors (Lipinski definition) is 1. The predicted molar refractivity (Wildman–Crippen MR) is 120 cm³/mol. The Morgan fingerprint density at radius 3 is 3.10 bits per heavy atom. The van der Waals surface area contributed by atoms with Gasteiger partial charge < -0.3 is 9.26 Å². The van der Waals surface area contributed by atoms with Crippen molar-refractivity contribution >= 4 is 34.1 Å². The molecular weight excluding hydrogens is 432 g/mol. The third kappa shape index (κ3) is 4.33. The molecule has 7 nitrogen and oxygen atoms in total. The van der Waals surface area contributed by atoms with Crippen molar-refractivity contribution in [1.82, 2.24) is 15.1 Å². The summed E-state index contributed by atoms with van der Waals surface area (Å²) in [6.07, 6.45) is 2.58. The van der Waals surface area contributed by atoms with Gasteiger partial charge in [0.15, 0.2) is 5.13 Å². The van der Waals surface area contributed by atoms with Crippen LogP contribution in [0.1, 0.15) is 27.4 Å². The summed E-state index contributed by atoms with van der Waals surface area (Å²) in [5.41, 5.74) is 4.34. The number of aryl methyl sites for hydroxylation is 1. The van der Waals surface area contributed by atoms with Gasteiger partial charge in [0.2, 0.25) is 0 Å². The number of carbonyl (C=O) groups excluding carboxylic acids is 1. The van der Waals surface area contributed by atoms with Gasteiger partial charge in [-0.3, -0.25) is 10.1 Å². The Balaban J connectivity index is 1.30. The van der Waals surface area contributed by atoms with E-state index in [-0.39, 0.29) is 5.91 Å². The van der Waals surface area contributed by atoms with E-state index in [4.69, 9.17) is 9.26 Å². The van der Waals surface area contributed by atoms with Crippen molar-refractivity contribution < 1.29 is 14.1 Å². The Morgan fingerprint density at radius 1 is 1.29 bits per heavy atom. The van der Waals surface area contributed by atoms with Gasteiger partial charge in [0.25, 0.3) is 5.91 Å². The number of nitrogens with one attached hydrogen (secondary N) is 1. The molecule has 9 heteroatoms. The lowest BCUT2D eigenvalue weighted by atomic mass is 10.1. The highest BCUT2D eigenvalue weighted by atomic mass is 32.2. The molecule has 0 saturated carbocycles. The van der Waals surface area contributed by atoms with Gasteiger partial charge in [-0.2, -0.15) is 0 Å². The molecule has 0 spiro atoms. The Morgan fingerprint density at radius 2 is 2.23 bits per heavy atom. The van der Waals surface area contributed by atoms with Crippen molar-refractivity contribution in [2.45, 2.75) is 24.1 Å². The Bertz CT molecular complexity index is 1250. The quantitative estimate of drug-likeness (QED) is 0.414. The number of fused-ring (bicyclic) bond motifs is 1. The maximum absolute atomic E-state index is 12.9. The number of benzene rings is 1. The number of ether oxygens (including phenoxy) is 1. The molecule has 1 N–H and O–H groups in total. The molecular formula is C22H18N4O3S2. The molecule has 156 valence electrons. The zero-order valence-electron chi connectivity index (χ0n) is 16.6. The first-order chi connectivity index (χ1) is 15.2. The van der Waals surface area contributed by atoms with Crippen molar-refractivity contribution in [3.05, 3.63) is 70.6 Å². The fraction of sp³-hybridized carbons (Fsp3) is 0.182. The molecule has 0 unspecified atom stereocenters. The fourth-order valence-electron chi connectivity index (χ4n) is 3.28. The first-order valence-electron chi connectivity index (χ1n) is 9.69. The molecule has 1 amide bonds. The number of amides is 1. The van der Waals surface area contributed by atoms with Gasteiger partial charge in [0, 0.05) is 35.4 Å². The van der Waals surface area contributed by atoms with Crippen molar-refractivity contribution in [2.75, 3.05) is 11.9 Å². The second kappa shape index (κ2) is 8.52. The highest BCUT2D eigenvalue weighted by Gasteiger charge is 2.17. The number of nitrogens with zero attached hydrogens (tertiary/aromatic N) is 3. The number of hydrogen-bond acceptors (Lipinski definition) is 8. The predicted octanol–water partition coefficient (Wildman–Crippen LogP) is 4.98. The molecule has 0 bridgehead atoms. The third-order valence-electron chi connectivity index (χ3n) is 4.76. The number of rotatable bonds is 6. The first kappa shape index (κ1) is 19.8. The van der Waals surface area contributed by atoms with Gasteiger partial charge in [0.1, 0.15) is 16.5 Å². The smallest absolute Gasteiger partial charge is 0.260 e. The zero-order chi connectivity index (χ0) is 21.2. The van der Waals surface area contributed by atoms with Gasteiger partial charge in [-0.1, -0.05) is 16.9 Å². The number of anilines is 1. The van der Waals surface area contributed by atoms with Gasteiger partial charge in [0.05, 0.1) is 23.6 Å². The lowest BCUT2D eigenvalue weighted by Gasteiger charge is -2.06. The monoisotopic (exact) mass is 450 g/mol. The molecule has 5 rings (SSSR count). The minimum atomic E-state index is -0.241. The normalized spacial score (nSPS) is 12.4. The number of thioether (sulfide) groups is 1. The summed E-state index contributed by atoms with van der Waals surface area (Å²) in [6.45, 7) is 2.57. The van der Waals surface area contributed by atoms with Crippen LogP contribution in [0.2, 0.25) is 0 Å². The van der Waals surface area contributed by atoms with E-state index < -0.39 is 0 Å². The second-order valence-corrected chi connectivity index (χ2v) is 8.81. The van der Waals surface area contributed by atoms with Crippen LogP contribution in [0.5, 0.6) is 5.75 Å². The van der Waals surface area contributed by atoms with Crippen LogP contribution in [0.4, 0.5) is 5.13 Å². The summed E-state index contributed by atoms with van der Waals surface area (Å²) < 4.78 is 10.7. The van der Waals surface area contributed by atoms with E-state index in [9.17, 15) is 4.79 Å². The van der Waals surface area contributed by atoms with Crippen molar-refractivity contribution in [3.63, 3.8) is 0 Å². The first-order valence-corrected chi connectivity index (χ1v) is 11.6. The molecule has 4 aromatic rings. The lowest BCUT2D eigenvalue weighted by molar-refractivity contribution is 0.102. The largest absolute Gasteiger partial charge is 0.493 e. The van der Waals surface area contributed by atoms with Crippen LogP contribution in [0.15, 0.2) is 57.5 Å². The van der Waals surface area contributed by atoms with Gasteiger partial charge in [-0.05, 0) is 42.8 Å². The molecule has 1 aliphatic rings. The maximum atomic E-state index is 12.9. The lowest BCUT2D eigenvalue weighted by Crippen LogP contribution is -2.13. The molecule has 1 aliphatic heterocycles. The van der Waals surface area contributed by atoms with Crippen LogP contribution in [-0.4, -0.2) is 27.6 Å². The molecule has 31 heavy (non-hydrogen) atoms. The molecule has 0 radical (unpaired) electrons. The molecule has 3 aromatic heterocycles. The fourth-order valence-corrected chi connectivity index (χ4v) is 4.87. The number of pyridine rings is 1. The van der Waals surface area contributed by atoms with E-state index in [1.54, 1.807) is 18.3 Å². The van der Waals surface area contributed by atoms with E-state index in [1.165, 1.54) is 28.7 Å². The van der Waals surface area contributed by atoms with E-state index in [1.807, 2.05) is 30.5 Å². The van der Waals surface area contributed by atoms with E-state index in [0.29, 0.717) is 21.5 Å². The van der Waals surface area contributed by atoms with Gasteiger partial charge in [-0.25, -0.2) is 9.97 Å². The standard InChI is InChI=1S/C22H18N4O3S2/c1-13-9-16(26-29-13)11-30-21-17(3-2-7-23-21)20(27)25-22-24-18(12-31-22)14-4-5-19-15(10-14)6-8-28-19/h2-5,7,9-10,12H,6,8,11H2,1H3,(H,24,25,27). The van der Waals surface area contributed by atoms with Crippen LogP contribution >= 0.6 is 23.1 Å². The van der Waals surface area contributed by atoms with Crippen LogP contribution < -0.4 is 10.1 Å². The van der Waals surface area contributed by atoms with E-state index in [0.717, 1.165) is 41.5 Å². The van der Waals surface area contributed by atoms with Crippen molar-refractivity contribution in [2.24, 2.45) is 0 Å². The molecule has 0 saturated heterocycles. The molecule has 4 heterocycles. The zero-order valence-corrected chi connectivity index (χ0v) is 18.3. The number of carbonyl (C=O) groups is 1. The SMILES string of the molecule is Cc1cc(CSc2ncccc2C(=O)Nc2nc(-c3ccc4c(c3)CCO4)cs2)no1. The Kier molecular flexibility index (Phi) is 5.44. The van der Waals surface area contributed by atoms with Crippen LogP contribution in [-0.2, 0) is 12.2 Å². The highest BCUT2D eigenvalue weighted by molar-refractivity contribution is 7.98. The van der Waals surface area contributed by atoms with Crippen molar-refractivity contribution in [1.29, 1.82) is 0 Å². The van der Waals surface area contributed by atoms with Crippen LogP contribution in [0.25, 0.3) is 11.3 Å². The summed E-state index contributed by atoms with van der Waals surface area (Å²) in [7, 11) is 0. The number of thiazole rings is 1. The maximum Gasteiger partial charge on any atom is 0.260 e. The average molecular weight is 451 g/mol. The topological polar surface area (TPSA) is 90.1 Å². The highest BCUT2D eigenvalue weighted by Crippen LogP contribution is 2.32. The van der Waals surface area contributed by atoms with Crippen LogP contribution in [0.3, 0.4) is 0 Å². The third-order valence-corrected chi connectivity index (χ3v) is 6.56. The van der Waals surface area contributed by atoms with Crippen LogP contribution in [0, 0.1) is 6.92 Å². The number of aromatic nitrogens is 3. The summed E-state index contributed by atoms with van der Waals surface area (Å²) in [6, 6.07) is 11.5. The molecule has 0 fully saturated rings. The van der Waals surface area contributed by atoms with E-state index in [2.05, 4.69) is 26.5 Å². The minimum Gasteiger partial charge on any atom is -0.493 e. The van der Waals surface area contributed by atoms with Gasteiger partial charge in [-0.15, -0.1) is 11.3 Å². The second-order valence-electron chi connectivity index (χ2n) is 6.99. The average Bonchev–Trinajstić information content (AvgIpc) is 3.53. The minimum absolute atomic E-state index is 0.241. The van der Waals surface area contributed by atoms with E-state index >= 15 is 0 Å². The molecule has 0 aliphatic carbocycles.